The Labute approximate surface area is 145 Å². The molecule has 0 aliphatic carbocycles. The van der Waals surface area contributed by atoms with Gasteiger partial charge in [-0.1, -0.05) is 6.92 Å². The van der Waals surface area contributed by atoms with Crippen molar-refractivity contribution in [2.45, 2.75) is 38.8 Å². The lowest BCUT2D eigenvalue weighted by Gasteiger charge is -2.32. The predicted octanol–water partition coefficient (Wildman–Crippen LogP) is 2.64. The minimum absolute atomic E-state index is 0.0721. The molecular formula is C18H22F2N4O. The molecule has 1 atom stereocenters. The van der Waals surface area contributed by atoms with Gasteiger partial charge in [0.2, 0.25) is 5.91 Å². The Bertz CT molecular complexity index is 746. The summed E-state index contributed by atoms with van der Waals surface area (Å²) in [6, 6.07) is 5.43. The fourth-order valence-electron chi connectivity index (χ4n) is 3.12. The van der Waals surface area contributed by atoms with Gasteiger partial charge < -0.3 is 5.32 Å². The van der Waals surface area contributed by atoms with Crippen LogP contribution >= 0.6 is 0 Å². The number of hydrogen-bond acceptors (Lipinski definition) is 3. The summed E-state index contributed by atoms with van der Waals surface area (Å²) in [4.78, 5) is 13.8. The van der Waals surface area contributed by atoms with Gasteiger partial charge in [-0.15, -0.1) is 0 Å². The van der Waals surface area contributed by atoms with Crippen LogP contribution in [-0.2, 0) is 11.3 Å². The molecule has 134 valence electrons. The van der Waals surface area contributed by atoms with Crippen molar-refractivity contribution in [2.75, 3.05) is 13.1 Å². The predicted molar refractivity (Wildman–Crippen MR) is 90.2 cm³/mol. The molecule has 5 nitrogen and oxygen atoms in total. The van der Waals surface area contributed by atoms with Gasteiger partial charge in [-0.25, -0.2) is 13.5 Å². The van der Waals surface area contributed by atoms with Gasteiger partial charge >= 0.3 is 0 Å². The Balaban J connectivity index is 1.64. The average molecular weight is 348 g/mol. The molecule has 1 aromatic carbocycles. The van der Waals surface area contributed by atoms with Gasteiger partial charge in [0, 0.05) is 37.8 Å². The van der Waals surface area contributed by atoms with Crippen LogP contribution in [0.5, 0.6) is 0 Å². The Morgan fingerprint density at radius 2 is 2.20 bits per heavy atom. The van der Waals surface area contributed by atoms with Crippen molar-refractivity contribution < 1.29 is 13.6 Å². The molecule has 3 rings (SSSR count). The number of carbonyl (C=O) groups excluding carboxylic acids is 1. The first kappa shape index (κ1) is 17.5. The van der Waals surface area contributed by atoms with E-state index in [1.165, 1.54) is 16.8 Å². The molecule has 7 heteroatoms. The molecule has 25 heavy (non-hydrogen) atoms. The van der Waals surface area contributed by atoms with E-state index >= 15 is 0 Å². The van der Waals surface area contributed by atoms with E-state index in [-0.39, 0.29) is 17.6 Å². The summed E-state index contributed by atoms with van der Waals surface area (Å²) in [6.07, 6.45) is 4.16. The monoisotopic (exact) mass is 348 g/mol. The lowest BCUT2D eigenvalue weighted by atomic mass is 10.1. The molecule has 1 N–H and O–H groups in total. The number of carbonyl (C=O) groups is 1. The smallest absolute Gasteiger partial charge is 0.219 e. The third-order valence-corrected chi connectivity index (χ3v) is 4.38. The molecule has 1 saturated heterocycles. The number of amides is 1. The molecule has 0 spiro atoms. The maximum absolute atomic E-state index is 13.9. The van der Waals surface area contributed by atoms with Gasteiger partial charge in [0.25, 0.3) is 0 Å². The second-order valence-electron chi connectivity index (χ2n) is 6.34. The van der Waals surface area contributed by atoms with Gasteiger partial charge in [-0.2, -0.15) is 5.10 Å². The van der Waals surface area contributed by atoms with Crippen molar-refractivity contribution in [1.82, 2.24) is 20.0 Å². The van der Waals surface area contributed by atoms with Gasteiger partial charge in [0.15, 0.2) is 5.82 Å². The number of nitrogens with one attached hydrogen (secondary N) is 1. The Morgan fingerprint density at radius 1 is 1.36 bits per heavy atom. The molecule has 1 aliphatic rings. The van der Waals surface area contributed by atoms with Crippen LogP contribution in [0.4, 0.5) is 8.78 Å². The fraction of sp³-hybridized carbons (Fsp3) is 0.444. The van der Waals surface area contributed by atoms with Crippen LogP contribution in [0, 0.1) is 11.6 Å². The molecule has 1 aromatic heterocycles. The number of piperidine rings is 1. The Morgan fingerprint density at radius 3 is 2.96 bits per heavy atom. The summed E-state index contributed by atoms with van der Waals surface area (Å²) in [6.45, 7) is 4.20. The fourth-order valence-corrected chi connectivity index (χ4v) is 3.12. The molecule has 2 aromatic rings. The number of halogens is 2. The molecular weight excluding hydrogens is 326 g/mol. The molecule has 2 heterocycles. The van der Waals surface area contributed by atoms with Gasteiger partial charge in [0.1, 0.15) is 11.5 Å². The summed E-state index contributed by atoms with van der Waals surface area (Å²) in [5.74, 6) is -1.18. The second kappa shape index (κ2) is 7.74. The molecule has 1 amide bonds. The van der Waals surface area contributed by atoms with Crippen molar-refractivity contribution in [3.8, 4) is 5.69 Å². The number of aromatic nitrogens is 2. The van der Waals surface area contributed by atoms with E-state index in [9.17, 15) is 13.6 Å². The van der Waals surface area contributed by atoms with Crippen molar-refractivity contribution in [1.29, 1.82) is 0 Å². The highest BCUT2D eigenvalue weighted by molar-refractivity contribution is 5.75. The molecule has 1 unspecified atom stereocenters. The first-order valence-electron chi connectivity index (χ1n) is 8.57. The molecule has 0 saturated carbocycles. The summed E-state index contributed by atoms with van der Waals surface area (Å²) < 4.78 is 28.3. The van der Waals surface area contributed by atoms with Crippen LogP contribution in [0.1, 0.15) is 31.9 Å². The normalized spacial score (nSPS) is 18.3. The number of rotatable bonds is 5. The van der Waals surface area contributed by atoms with E-state index in [4.69, 9.17) is 0 Å². The summed E-state index contributed by atoms with van der Waals surface area (Å²) in [5.41, 5.74) is 1.03. The third kappa shape index (κ3) is 4.42. The van der Waals surface area contributed by atoms with Crippen LogP contribution in [-0.4, -0.2) is 39.7 Å². The number of nitrogens with zero attached hydrogens (tertiary/aromatic N) is 3. The molecule has 1 aliphatic heterocycles. The number of likely N-dealkylation sites (tertiary alicyclic amines) is 1. The maximum atomic E-state index is 13.9. The Kier molecular flexibility index (Phi) is 5.43. The average Bonchev–Trinajstić information content (AvgIpc) is 3.03. The zero-order valence-corrected chi connectivity index (χ0v) is 14.2. The van der Waals surface area contributed by atoms with E-state index < -0.39 is 11.6 Å². The lowest BCUT2D eigenvalue weighted by Crippen LogP contribution is -2.47. The van der Waals surface area contributed by atoms with Crippen LogP contribution in [0.2, 0.25) is 0 Å². The quantitative estimate of drug-likeness (QED) is 0.904. The lowest BCUT2D eigenvalue weighted by molar-refractivity contribution is -0.121. The topological polar surface area (TPSA) is 50.2 Å². The summed E-state index contributed by atoms with van der Waals surface area (Å²) in [5, 5.41) is 7.43. The van der Waals surface area contributed by atoms with Gasteiger partial charge in [-0.05, 0) is 37.6 Å². The van der Waals surface area contributed by atoms with Crippen LogP contribution in [0.25, 0.3) is 5.69 Å². The van der Waals surface area contributed by atoms with E-state index in [1.807, 2.05) is 13.0 Å². The third-order valence-electron chi connectivity index (χ3n) is 4.38. The highest BCUT2D eigenvalue weighted by Crippen LogP contribution is 2.16. The minimum Gasteiger partial charge on any atom is -0.352 e. The SMILES string of the molecule is CCC(=O)NC1CCCN(Cc2ccn(-c3ccc(F)cc3F)n2)C1. The van der Waals surface area contributed by atoms with Crippen LogP contribution < -0.4 is 5.32 Å². The second-order valence-corrected chi connectivity index (χ2v) is 6.34. The van der Waals surface area contributed by atoms with E-state index in [2.05, 4.69) is 15.3 Å². The van der Waals surface area contributed by atoms with Gasteiger partial charge in [-0.3, -0.25) is 9.69 Å². The van der Waals surface area contributed by atoms with E-state index in [1.54, 1.807) is 6.20 Å². The van der Waals surface area contributed by atoms with Crippen LogP contribution in [0.3, 0.4) is 0 Å². The van der Waals surface area contributed by atoms with Crippen LogP contribution in [0.15, 0.2) is 30.5 Å². The molecule has 0 bridgehead atoms. The molecule has 1 fully saturated rings. The number of benzene rings is 1. The van der Waals surface area contributed by atoms with Crippen molar-refractivity contribution in [3.05, 3.63) is 47.8 Å². The zero-order chi connectivity index (χ0) is 17.8. The number of hydrogen-bond donors (Lipinski definition) is 1. The van der Waals surface area contributed by atoms with Gasteiger partial charge in [0.05, 0.1) is 5.69 Å². The van der Waals surface area contributed by atoms with Crippen molar-refractivity contribution >= 4 is 5.91 Å². The summed E-state index contributed by atoms with van der Waals surface area (Å²) >= 11 is 0. The van der Waals surface area contributed by atoms with Crippen molar-refractivity contribution in [3.63, 3.8) is 0 Å². The highest BCUT2D eigenvalue weighted by atomic mass is 19.1. The maximum Gasteiger partial charge on any atom is 0.219 e. The van der Waals surface area contributed by atoms with Crippen molar-refractivity contribution in [2.24, 2.45) is 0 Å². The zero-order valence-electron chi connectivity index (χ0n) is 14.2. The first-order valence-corrected chi connectivity index (χ1v) is 8.57. The standard InChI is InChI=1S/C18H22F2N4O/c1-2-18(25)21-14-4-3-8-23(11-14)12-15-7-9-24(22-15)17-6-5-13(19)10-16(17)20/h5-7,9-10,14H,2-4,8,11-12H2,1H3,(H,21,25). The van der Waals surface area contributed by atoms with E-state index in [0.29, 0.717) is 13.0 Å². The molecule has 0 radical (unpaired) electrons. The summed E-state index contributed by atoms with van der Waals surface area (Å²) in [7, 11) is 0. The Hall–Kier alpha value is -2.28. The highest BCUT2D eigenvalue weighted by Gasteiger charge is 2.21. The minimum atomic E-state index is -0.644. The largest absolute Gasteiger partial charge is 0.352 e. The first-order chi connectivity index (χ1) is 12.0. The van der Waals surface area contributed by atoms with E-state index in [0.717, 1.165) is 37.7 Å².